The monoisotopic (exact) mass is 382 g/mol. The van der Waals surface area contributed by atoms with Crippen molar-refractivity contribution in [3.63, 3.8) is 0 Å². The van der Waals surface area contributed by atoms with Crippen LogP contribution in [0.15, 0.2) is 77.1 Å². The number of halogens is 1. The minimum Gasteiger partial charge on any atom is -0.399 e. The topological polar surface area (TPSA) is 38.9 Å². The van der Waals surface area contributed by atoms with E-state index in [1.807, 2.05) is 36.4 Å². The highest BCUT2D eigenvalue weighted by Gasteiger charge is 2.18. The highest BCUT2D eigenvalue weighted by atomic mass is 35.5. The minimum absolute atomic E-state index is 0.163. The Morgan fingerprint density at radius 3 is 2.40 bits per heavy atom. The zero-order valence-electron chi connectivity index (χ0n) is 13.2. The predicted molar refractivity (Wildman–Crippen MR) is 110 cm³/mol. The summed E-state index contributed by atoms with van der Waals surface area (Å²) in [7, 11) is 0. The van der Waals surface area contributed by atoms with Gasteiger partial charge in [0, 0.05) is 10.7 Å². The molecule has 0 fully saturated rings. The number of fused-ring (bicyclic) bond motifs is 1. The standard InChI is InChI=1S/C20H15ClN2S2/c21-15-8-6-14(7-9-15)19(13-4-2-1-3-5-13)25-20-23-17-11-10-16(22)12-18(17)24-20/h1-12,19H,22H2/t19-/m0/s1. The maximum absolute atomic E-state index is 6.06. The van der Waals surface area contributed by atoms with Gasteiger partial charge in [0.2, 0.25) is 0 Å². The highest BCUT2D eigenvalue weighted by Crippen LogP contribution is 2.43. The first-order valence-electron chi connectivity index (χ1n) is 7.82. The van der Waals surface area contributed by atoms with Gasteiger partial charge in [-0.05, 0) is 41.5 Å². The molecule has 0 amide bonds. The van der Waals surface area contributed by atoms with Crippen molar-refractivity contribution in [3.8, 4) is 0 Å². The number of hydrogen-bond donors (Lipinski definition) is 1. The van der Waals surface area contributed by atoms with Crippen molar-refractivity contribution in [1.29, 1.82) is 0 Å². The van der Waals surface area contributed by atoms with Gasteiger partial charge in [-0.25, -0.2) is 4.98 Å². The molecular formula is C20H15ClN2S2. The van der Waals surface area contributed by atoms with E-state index in [-0.39, 0.29) is 5.25 Å². The zero-order chi connectivity index (χ0) is 17.2. The van der Waals surface area contributed by atoms with Crippen LogP contribution in [-0.2, 0) is 0 Å². The van der Waals surface area contributed by atoms with Crippen molar-refractivity contribution in [3.05, 3.63) is 88.9 Å². The van der Waals surface area contributed by atoms with Gasteiger partial charge in [-0.2, -0.15) is 0 Å². The number of benzene rings is 3. The molecule has 0 radical (unpaired) electrons. The Bertz CT molecular complexity index is 997. The quantitative estimate of drug-likeness (QED) is 0.327. The summed E-state index contributed by atoms with van der Waals surface area (Å²) in [6.45, 7) is 0. The van der Waals surface area contributed by atoms with Crippen LogP contribution in [-0.4, -0.2) is 4.98 Å². The van der Waals surface area contributed by atoms with E-state index in [0.29, 0.717) is 0 Å². The number of rotatable bonds is 4. The first-order valence-corrected chi connectivity index (χ1v) is 9.89. The molecule has 4 rings (SSSR count). The Balaban J connectivity index is 1.73. The fourth-order valence-electron chi connectivity index (χ4n) is 2.67. The van der Waals surface area contributed by atoms with Gasteiger partial charge in [-0.1, -0.05) is 65.8 Å². The first kappa shape index (κ1) is 16.5. The van der Waals surface area contributed by atoms with E-state index in [0.717, 1.165) is 25.3 Å². The molecule has 1 heterocycles. The van der Waals surface area contributed by atoms with Crippen LogP contribution in [0.3, 0.4) is 0 Å². The number of nitrogens with zero attached hydrogens (tertiary/aromatic N) is 1. The normalized spacial score (nSPS) is 12.4. The summed E-state index contributed by atoms with van der Waals surface area (Å²) in [6.07, 6.45) is 0. The third-order valence-electron chi connectivity index (χ3n) is 3.89. The second-order valence-corrected chi connectivity index (χ2v) is 8.49. The molecule has 5 heteroatoms. The van der Waals surface area contributed by atoms with E-state index in [2.05, 4.69) is 36.4 Å². The van der Waals surface area contributed by atoms with Crippen molar-refractivity contribution in [1.82, 2.24) is 4.98 Å². The molecule has 0 aliphatic carbocycles. The molecular weight excluding hydrogens is 368 g/mol. The largest absolute Gasteiger partial charge is 0.399 e. The van der Waals surface area contributed by atoms with Gasteiger partial charge in [0.25, 0.3) is 0 Å². The zero-order valence-corrected chi connectivity index (χ0v) is 15.6. The van der Waals surface area contributed by atoms with Gasteiger partial charge in [0.1, 0.15) is 0 Å². The molecule has 1 atom stereocenters. The summed E-state index contributed by atoms with van der Waals surface area (Å²) in [5, 5.41) is 0.910. The third kappa shape index (κ3) is 3.66. The van der Waals surface area contributed by atoms with Gasteiger partial charge >= 0.3 is 0 Å². The number of nitrogens with two attached hydrogens (primary N) is 1. The van der Waals surface area contributed by atoms with E-state index in [1.54, 1.807) is 23.1 Å². The molecule has 124 valence electrons. The molecule has 0 saturated heterocycles. The molecule has 0 aliphatic rings. The van der Waals surface area contributed by atoms with Crippen LogP contribution in [0.4, 0.5) is 5.69 Å². The van der Waals surface area contributed by atoms with Gasteiger partial charge in [-0.3, -0.25) is 0 Å². The SMILES string of the molecule is Nc1ccc2nc(S[C@@H](c3ccccc3)c3ccc(Cl)cc3)sc2c1. The Hall–Kier alpha value is -2.01. The Morgan fingerprint density at radius 2 is 1.64 bits per heavy atom. The second kappa shape index (κ2) is 7.08. The van der Waals surface area contributed by atoms with Crippen LogP contribution in [0, 0.1) is 0 Å². The van der Waals surface area contributed by atoms with E-state index < -0.39 is 0 Å². The highest BCUT2D eigenvalue weighted by molar-refractivity contribution is 8.01. The van der Waals surface area contributed by atoms with Crippen LogP contribution in [0.1, 0.15) is 16.4 Å². The Kier molecular flexibility index (Phi) is 4.66. The fourth-order valence-corrected chi connectivity index (χ4v) is 5.23. The lowest BCUT2D eigenvalue weighted by Gasteiger charge is -2.16. The summed E-state index contributed by atoms with van der Waals surface area (Å²) in [5.74, 6) is 0. The average Bonchev–Trinajstić information content (AvgIpc) is 3.03. The lowest BCUT2D eigenvalue weighted by Crippen LogP contribution is -1.96. The van der Waals surface area contributed by atoms with E-state index in [9.17, 15) is 0 Å². The summed E-state index contributed by atoms with van der Waals surface area (Å²) in [6, 6.07) is 24.4. The molecule has 4 aromatic rings. The fraction of sp³-hybridized carbons (Fsp3) is 0.0500. The molecule has 25 heavy (non-hydrogen) atoms. The molecule has 0 bridgehead atoms. The first-order chi connectivity index (χ1) is 12.2. The van der Waals surface area contributed by atoms with Crippen LogP contribution in [0.2, 0.25) is 5.02 Å². The van der Waals surface area contributed by atoms with Gasteiger partial charge in [0.15, 0.2) is 4.34 Å². The van der Waals surface area contributed by atoms with E-state index in [4.69, 9.17) is 22.3 Å². The van der Waals surface area contributed by atoms with Crippen molar-refractivity contribution in [2.75, 3.05) is 5.73 Å². The van der Waals surface area contributed by atoms with Crippen molar-refractivity contribution in [2.45, 2.75) is 9.59 Å². The van der Waals surface area contributed by atoms with Crippen LogP contribution >= 0.6 is 34.7 Å². The molecule has 1 aromatic heterocycles. The Morgan fingerprint density at radius 1 is 0.920 bits per heavy atom. The van der Waals surface area contributed by atoms with Gasteiger partial charge < -0.3 is 5.73 Å². The van der Waals surface area contributed by atoms with Crippen molar-refractivity contribution < 1.29 is 0 Å². The van der Waals surface area contributed by atoms with Crippen LogP contribution in [0.25, 0.3) is 10.2 Å². The number of thioether (sulfide) groups is 1. The molecule has 2 nitrogen and oxygen atoms in total. The number of anilines is 1. The summed E-state index contributed by atoms with van der Waals surface area (Å²) < 4.78 is 2.15. The second-order valence-electron chi connectivity index (χ2n) is 5.67. The Labute approximate surface area is 159 Å². The van der Waals surface area contributed by atoms with E-state index >= 15 is 0 Å². The molecule has 0 saturated carbocycles. The summed E-state index contributed by atoms with van der Waals surface area (Å²) in [5.41, 5.74) is 10.1. The molecule has 0 unspecified atom stereocenters. The summed E-state index contributed by atoms with van der Waals surface area (Å²) in [4.78, 5) is 4.76. The number of thiazole rings is 1. The lowest BCUT2D eigenvalue weighted by atomic mass is 10.0. The maximum atomic E-state index is 6.06. The third-order valence-corrected chi connectivity index (χ3v) is 6.56. The maximum Gasteiger partial charge on any atom is 0.152 e. The van der Waals surface area contributed by atoms with Gasteiger partial charge in [-0.15, -0.1) is 11.3 Å². The van der Waals surface area contributed by atoms with Crippen LogP contribution < -0.4 is 5.73 Å². The summed E-state index contributed by atoms with van der Waals surface area (Å²) >= 11 is 9.50. The van der Waals surface area contributed by atoms with E-state index in [1.165, 1.54) is 11.1 Å². The smallest absolute Gasteiger partial charge is 0.152 e. The molecule has 0 spiro atoms. The number of nitrogen functional groups attached to an aromatic ring is 1. The molecule has 3 aromatic carbocycles. The van der Waals surface area contributed by atoms with Gasteiger partial charge in [0.05, 0.1) is 15.5 Å². The average molecular weight is 383 g/mol. The van der Waals surface area contributed by atoms with Crippen molar-refractivity contribution in [2.24, 2.45) is 0 Å². The minimum atomic E-state index is 0.163. The van der Waals surface area contributed by atoms with Crippen molar-refractivity contribution >= 4 is 50.6 Å². The molecule has 0 aliphatic heterocycles. The predicted octanol–water partition coefficient (Wildman–Crippen LogP) is 6.41. The number of aromatic nitrogens is 1. The lowest BCUT2D eigenvalue weighted by molar-refractivity contribution is 1.14. The van der Waals surface area contributed by atoms with Crippen LogP contribution in [0.5, 0.6) is 0 Å². The molecule has 2 N–H and O–H groups in total. The number of hydrogen-bond acceptors (Lipinski definition) is 4.